The summed E-state index contributed by atoms with van der Waals surface area (Å²) in [6.45, 7) is 8.60. The van der Waals surface area contributed by atoms with Crippen LogP contribution in [0.2, 0.25) is 0 Å². The van der Waals surface area contributed by atoms with Gasteiger partial charge in [-0.1, -0.05) is 20.8 Å². The minimum Gasteiger partial charge on any atom is -0.494 e. The van der Waals surface area contributed by atoms with E-state index in [1.807, 2.05) is 52.0 Å². The van der Waals surface area contributed by atoms with Gasteiger partial charge in [-0.3, -0.25) is 4.79 Å². The quantitative estimate of drug-likeness (QED) is 0.836. The molecule has 2 N–H and O–H groups in total. The molecule has 0 atom stereocenters. The Morgan fingerprint density at radius 1 is 1.25 bits per heavy atom. The highest BCUT2D eigenvalue weighted by molar-refractivity contribution is 7.80. The number of nitrogens with one attached hydrogen (secondary N) is 2. The molecule has 20 heavy (non-hydrogen) atoms. The van der Waals surface area contributed by atoms with Crippen LogP contribution < -0.4 is 15.4 Å². The van der Waals surface area contributed by atoms with Crippen molar-refractivity contribution < 1.29 is 9.53 Å². The van der Waals surface area contributed by atoms with Crippen molar-refractivity contribution in [2.24, 2.45) is 5.41 Å². The number of amides is 1. The third kappa shape index (κ3) is 6.52. The van der Waals surface area contributed by atoms with E-state index in [-0.39, 0.29) is 11.3 Å². The maximum absolute atomic E-state index is 11.7. The zero-order chi connectivity index (χ0) is 15.2. The molecule has 0 aromatic heterocycles. The van der Waals surface area contributed by atoms with Crippen LogP contribution in [-0.2, 0) is 4.79 Å². The van der Waals surface area contributed by atoms with Gasteiger partial charge in [0.2, 0.25) is 5.91 Å². The summed E-state index contributed by atoms with van der Waals surface area (Å²) in [6, 6.07) is 7.41. The smallest absolute Gasteiger partial charge is 0.226 e. The molecule has 0 bridgehead atoms. The van der Waals surface area contributed by atoms with Crippen molar-refractivity contribution in [3.8, 4) is 5.75 Å². The predicted octanol–water partition coefficient (Wildman–Crippen LogP) is 3.33. The molecule has 0 aliphatic heterocycles. The fourth-order valence-corrected chi connectivity index (χ4v) is 1.85. The Balaban J connectivity index is 2.48. The molecule has 0 saturated carbocycles. The summed E-state index contributed by atoms with van der Waals surface area (Å²) in [6.07, 6.45) is 0.429. The molecule has 0 saturated heterocycles. The van der Waals surface area contributed by atoms with Crippen LogP contribution in [0.5, 0.6) is 5.75 Å². The van der Waals surface area contributed by atoms with Gasteiger partial charge in [0.15, 0.2) is 5.11 Å². The van der Waals surface area contributed by atoms with Crippen LogP contribution in [0.3, 0.4) is 0 Å². The van der Waals surface area contributed by atoms with E-state index in [1.54, 1.807) is 0 Å². The van der Waals surface area contributed by atoms with E-state index in [0.717, 1.165) is 11.4 Å². The number of hydrogen-bond acceptors (Lipinski definition) is 3. The fourth-order valence-electron chi connectivity index (χ4n) is 1.62. The fraction of sp³-hybridized carbons (Fsp3) is 0.467. The molecule has 1 rings (SSSR count). The van der Waals surface area contributed by atoms with Crippen molar-refractivity contribution in [2.45, 2.75) is 34.1 Å². The number of rotatable bonds is 4. The third-order valence-electron chi connectivity index (χ3n) is 2.37. The molecular weight excluding hydrogens is 272 g/mol. The molecule has 1 amide bonds. The maximum atomic E-state index is 11.7. The summed E-state index contributed by atoms with van der Waals surface area (Å²) in [5.41, 5.74) is 0.758. The van der Waals surface area contributed by atoms with Crippen LogP contribution in [0.15, 0.2) is 24.3 Å². The van der Waals surface area contributed by atoms with Crippen molar-refractivity contribution in [3.05, 3.63) is 24.3 Å². The lowest BCUT2D eigenvalue weighted by molar-refractivity contribution is -0.121. The molecule has 5 heteroatoms. The zero-order valence-electron chi connectivity index (χ0n) is 12.4. The number of thiocarbonyl (C=S) groups is 1. The van der Waals surface area contributed by atoms with Crippen molar-refractivity contribution in [2.75, 3.05) is 11.9 Å². The lowest BCUT2D eigenvalue weighted by Gasteiger charge is -2.17. The highest BCUT2D eigenvalue weighted by Crippen LogP contribution is 2.18. The minimum absolute atomic E-state index is 0.0567. The van der Waals surface area contributed by atoms with E-state index in [1.165, 1.54) is 0 Å². The van der Waals surface area contributed by atoms with Crippen molar-refractivity contribution in [3.63, 3.8) is 0 Å². The summed E-state index contributed by atoms with van der Waals surface area (Å²) in [5, 5.41) is 5.96. The molecule has 0 aliphatic carbocycles. The molecule has 110 valence electrons. The van der Waals surface area contributed by atoms with Crippen molar-refractivity contribution in [1.29, 1.82) is 0 Å². The molecule has 0 unspecified atom stereocenters. The Bertz CT molecular complexity index is 464. The zero-order valence-corrected chi connectivity index (χ0v) is 13.3. The van der Waals surface area contributed by atoms with Gasteiger partial charge >= 0.3 is 0 Å². The van der Waals surface area contributed by atoms with Gasteiger partial charge < -0.3 is 15.4 Å². The standard InChI is InChI=1S/C15H22N2O2S/c1-5-19-12-8-6-11(7-9-12)16-14(20)17-13(18)10-15(2,3)4/h6-9H,5,10H2,1-4H3,(H2,16,17,18,20). The number of carbonyl (C=O) groups excluding carboxylic acids is 1. The monoisotopic (exact) mass is 294 g/mol. The van der Waals surface area contributed by atoms with Crippen LogP contribution in [0.4, 0.5) is 5.69 Å². The number of carbonyl (C=O) groups is 1. The first-order valence-corrected chi connectivity index (χ1v) is 7.04. The Hall–Kier alpha value is -1.62. The van der Waals surface area contributed by atoms with Crippen LogP contribution in [0.1, 0.15) is 34.1 Å². The summed E-state index contributed by atoms with van der Waals surface area (Å²) in [7, 11) is 0. The highest BCUT2D eigenvalue weighted by Gasteiger charge is 2.16. The maximum Gasteiger partial charge on any atom is 0.226 e. The van der Waals surface area contributed by atoms with E-state index >= 15 is 0 Å². The summed E-state index contributed by atoms with van der Waals surface area (Å²) in [5.74, 6) is 0.724. The van der Waals surface area contributed by atoms with E-state index < -0.39 is 0 Å². The Kier molecular flexibility index (Phi) is 5.95. The Labute approximate surface area is 125 Å². The SMILES string of the molecule is CCOc1ccc(NC(=S)NC(=O)CC(C)(C)C)cc1. The second kappa shape index (κ2) is 7.24. The molecular formula is C15H22N2O2S. The minimum atomic E-state index is -0.0825. The molecule has 1 aromatic rings. The van der Waals surface area contributed by atoms with Gasteiger partial charge in [0.25, 0.3) is 0 Å². The second-order valence-corrected chi connectivity index (χ2v) is 6.11. The molecule has 4 nitrogen and oxygen atoms in total. The lowest BCUT2D eigenvalue weighted by Crippen LogP contribution is -2.36. The van der Waals surface area contributed by atoms with Crippen LogP contribution in [0, 0.1) is 5.41 Å². The van der Waals surface area contributed by atoms with E-state index in [0.29, 0.717) is 18.1 Å². The number of hydrogen-bond donors (Lipinski definition) is 2. The first-order chi connectivity index (χ1) is 9.30. The Morgan fingerprint density at radius 2 is 1.85 bits per heavy atom. The third-order valence-corrected chi connectivity index (χ3v) is 2.57. The lowest BCUT2D eigenvalue weighted by atomic mass is 9.92. The summed E-state index contributed by atoms with van der Waals surface area (Å²) in [4.78, 5) is 11.7. The average molecular weight is 294 g/mol. The van der Waals surface area contributed by atoms with E-state index in [9.17, 15) is 4.79 Å². The number of anilines is 1. The average Bonchev–Trinajstić information content (AvgIpc) is 2.29. The van der Waals surface area contributed by atoms with Gasteiger partial charge in [-0.2, -0.15) is 0 Å². The number of benzene rings is 1. The van der Waals surface area contributed by atoms with Crippen LogP contribution >= 0.6 is 12.2 Å². The van der Waals surface area contributed by atoms with Gasteiger partial charge in [0, 0.05) is 12.1 Å². The largest absolute Gasteiger partial charge is 0.494 e. The van der Waals surface area contributed by atoms with E-state index in [4.69, 9.17) is 17.0 Å². The van der Waals surface area contributed by atoms with Gasteiger partial charge in [0.1, 0.15) is 5.75 Å². The summed E-state index contributed by atoms with van der Waals surface area (Å²) >= 11 is 5.11. The highest BCUT2D eigenvalue weighted by atomic mass is 32.1. The van der Waals surface area contributed by atoms with Gasteiger partial charge in [-0.25, -0.2) is 0 Å². The first-order valence-electron chi connectivity index (χ1n) is 6.64. The number of ether oxygens (including phenoxy) is 1. The first kappa shape index (κ1) is 16.4. The van der Waals surface area contributed by atoms with Gasteiger partial charge in [-0.05, 0) is 48.8 Å². The van der Waals surface area contributed by atoms with Gasteiger partial charge in [0.05, 0.1) is 6.61 Å². The predicted molar refractivity (Wildman–Crippen MR) is 86.0 cm³/mol. The summed E-state index contributed by atoms with van der Waals surface area (Å²) < 4.78 is 5.35. The van der Waals surface area contributed by atoms with Gasteiger partial charge in [-0.15, -0.1) is 0 Å². The second-order valence-electron chi connectivity index (χ2n) is 5.70. The van der Waals surface area contributed by atoms with Crippen LogP contribution in [-0.4, -0.2) is 17.6 Å². The Morgan fingerprint density at radius 3 is 2.35 bits per heavy atom. The molecule has 0 aliphatic rings. The molecule has 0 spiro atoms. The molecule has 1 aromatic carbocycles. The molecule has 0 radical (unpaired) electrons. The molecule has 0 fully saturated rings. The van der Waals surface area contributed by atoms with E-state index in [2.05, 4.69) is 10.6 Å². The van der Waals surface area contributed by atoms with Crippen LogP contribution in [0.25, 0.3) is 0 Å². The van der Waals surface area contributed by atoms with Crippen molar-refractivity contribution in [1.82, 2.24) is 5.32 Å². The topological polar surface area (TPSA) is 50.4 Å². The normalized spacial score (nSPS) is 10.8. The van der Waals surface area contributed by atoms with Crippen molar-refractivity contribution >= 4 is 28.9 Å². The molecule has 0 heterocycles.